The Morgan fingerprint density at radius 2 is 1.91 bits per heavy atom. The molecule has 0 spiro atoms. The SMILES string of the molecule is CC1CCN(C(=O)CN(c2ccccc2Br)S(C)(=O)=O)CC1. The molecule has 0 aliphatic carbocycles. The third kappa shape index (κ3) is 4.23. The summed E-state index contributed by atoms with van der Waals surface area (Å²) >= 11 is 3.35. The lowest BCUT2D eigenvalue weighted by Gasteiger charge is -2.32. The molecule has 0 unspecified atom stereocenters. The lowest BCUT2D eigenvalue weighted by atomic mass is 9.99. The molecule has 0 atom stereocenters. The number of amides is 1. The van der Waals surface area contributed by atoms with Gasteiger partial charge in [0, 0.05) is 17.6 Å². The summed E-state index contributed by atoms with van der Waals surface area (Å²) in [6, 6.07) is 7.02. The number of benzene rings is 1. The molecule has 7 heteroatoms. The average molecular weight is 389 g/mol. The van der Waals surface area contributed by atoms with Crippen molar-refractivity contribution in [2.45, 2.75) is 19.8 Å². The first-order chi connectivity index (χ1) is 10.3. The summed E-state index contributed by atoms with van der Waals surface area (Å²) in [5.41, 5.74) is 0.490. The van der Waals surface area contributed by atoms with Crippen molar-refractivity contribution >= 4 is 37.5 Å². The van der Waals surface area contributed by atoms with Crippen molar-refractivity contribution in [1.29, 1.82) is 0 Å². The fourth-order valence-corrected chi connectivity index (χ4v) is 3.99. The van der Waals surface area contributed by atoms with E-state index in [2.05, 4.69) is 22.9 Å². The van der Waals surface area contributed by atoms with E-state index in [0.29, 0.717) is 29.2 Å². The van der Waals surface area contributed by atoms with Crippen LogP contribution >= 0.6 is 15.9 Å². The zero-order valence-corrected chi connectivity index (χ0v) is 15.2. The highest BCUT2D eigenvalue weighted by molar-refractivity contribution is 9.10. The van der Waals surface area contributed by atoms with E-state index in [1.54, 1.807) is 23.1 Å². The zero-order chi connectivity index (χ0) is 16.3. The highest BCUT2D eigenvalue weighted by atomic mass is 79.9. The number of likely N-dealkylation sites (tertiary alicyclic amines) is 1. The second-order valence-corrected chi connectivity index (χ2v) is 8.55. The monoisotopic (exact) mass is 388 g/mol. The Balaban J connectivity index is 2.18. The molecule has 0 saturated carbocycles. The normalized spacial score (nSPS) is 16.6. The topological polar surface area (TPSA) is 57.7 Å². The van der Waals surface area contributed by atoms with Gasteiger partial charge < -0.3 is 4.90 Å². The maximum Gasteiger partial charge on any atom is 0.243 e. The second kappa shape index (κ2) is 7.00. The third-order valence-electron chi connectivity index (χ3n) is 3.94. The van der Waals surface area contributed by atoms with E-state index in [1.807, 2.05) is 6.07 Å². The third-order valence-corrected chi connectivity index (χ3v) is 5.73. The Morgan fingerprint density at radius 3 is 2.45 bits per heavy atom. The van der Waals surface area contributed by atoms with Gasteiger partial charge in [-0.25, -0.2) is 8.42 Å². The molecule has 0 aromatic heterocycles. The highest BCUT2D eigenvalue weighted by Crippen LogP contribution is 2.28. The fraction of sp³-hybridized carbons (Fsp3) is 0.533. The van der Waals surface area contributed by atoms with Crippen LogP contribution in [0.2, 0.25) is 0 Å². The number of rotatable bonds is 4. The van der Waals surface area contributed by atoms with Crippen LogP contribution in [0.1, 0.15) is 19.8 Å². The highest BCUT2D eigenvalue weighted by Gasteiger charge is 2.27. The number of para-hydroxylation sites is 1. The van der Waals surface area contributed by atoms with Gasteiger partial charge in [-0.1, -0.05) is 19.1 Å². The molecule has 0 N–H and O–H groups in total. The van der Waals surface area contributed by atoms with Gasteiger partial charge in [0.1, 0.15) is 6.54 Å². The molecule has 122 valence electrons. The van der Waals surface area contributed by atoms with Crippen LogP contribution < -0.4 is 4.31 Å². The first-order valence-corrected chi connectivity index (χ1v) is 9.93. The molecule has 1 fully saturated rings. The first-order valence-electron chi connectivity index (χ1n) is 7.29. The molecule has 1 aliphatic rings. The molecule has 22 heavy (non-hydrogen) atoms. The quantitative estimate of drug-likeness (QED) is 0.795. The standard InChI is InChI=1S/C15H21BrN2O3S/c1-12-7-9-17(10-8-12)15(19)11-18(22(2,20)21)14-6-4-3-5-13(14)16/h3-6,12H,7-11H2,1-2H3. The molecule has 1 aliphatic heterocycles. The van der Waals surface area contributed by atoms with E-state index in [1.165, 1.54) is 0 Å². The minimum absolute atomic E-state index is 0.145. The van der Waals surface area contributed by atoms with E-state index in [0.717, 1.165) is 23.4 Å². The van der Waals surface area contributed by atoms with Crippen LogP contribution in [-0.2, 0) is 14.8 Å². The largest absolute Gasteiger partial charge is 0.341 e. The van der Waals surface area contributed by atoms with Gasteiger partial charge in [-0.2, -0.15) is 0 Å². The Labute approximate surface area is 140 Å². The number of carbonyl (C=O) groups is 1. The van der Waals surface area contributed by atoms with Crippen molar-refractivity contribution in [3.05, 3.63) is 28.7 Å². The summed E-state index contributed by atoms with van der Waals surface area (Å²) in [4.78, 5) is 14.2. The van der Waals surface area contributed by atoms with Gasteiger partial charge in [0.15, 0.2) is 0 Å². The maximum atomic E-state index is 12.5. The van der Waals surface area contributed by atoms with E-state index < -0.39 is 10.0 Å². The first kappa shape index (κ1) is 17.3. The van der Waals surface area contributed by atoms with Crippen molar-refractivity contribution in [1.82, 2.24) is 4.90 Å². The summed E-state index contributed by atoms with van der Waals surface area (Å²) in [5, 5.41) is 0. The molecule has 1 aromatic rings. The van der Waals surface area contributed by atoms with Gasteiger partial charge in [0.05, 0.1) is 11.9 Å². The number of nitrogens with zero attached hydrogens (tertiary/aromatic N) is 2. The van der Waals surface area contributed by atoms with E-state index in [4.69, 9.17) is 0 Å². The van der Waals surface area contributed by atoms with Gasteiger partial charge >= 0.3 is 0 Å². The number of anilines is 1. The smallest absolute Gasteiger partial charge is 0.243 e. The van der Waals surface area contributed by atoms with Crippen LogP contribution in [0.4, 0.5) is 5.69 Å². The maximum absolute atomic E-state index is 12.5. The number of carbonyl (C=O) groups excluding carboxylic acids is 1. The molecular formula is C15H21BrN2O3S. The number of halogens is 1. The molecule has 1 aromatic carbocycles. The average Bonchev–Trinajstić information content (AvgIpc) is 2.45. The van der Waals surface area contributed by atoms with Crippen LogP contribution in [0.15, 0.2) is 28.7 Å². The Morgan fingerprint density at radius 1 is 1.32 bits per heavy atom. The number of sulfonamides is 1. The van der Waals surface area contributed by atoms with Crippen LogP contribution in [-0.4, -0.2) is 45.1 Å². The Hall–Kier alpha value is -1.08. The molecule has 2 rings (SSSR count). The molecule has 0 radical (unpaired) electrons. The van der Waals surface area contributed by atoms with Gasteiger partial charge in [-0.05, 0) is 46.8 Å². The van der Waals surface area contributed by atoms with E-state index in [9.17, 15) is 13.2 Å². The van der Waals surface area contributed by atoms with E-state index in [-0.39, 0.29) is 12.5 Å². The second-order valence-electron chi connectivity index (χ2n) is 5.78. The minimum atomic E-state index is -3.53. The van der Waals surface area contributed by atoms with Crippen molar-refractivity contribution in [2.24, 2.45) is 5.92 Å². The number of hydrogen-bond acceptors (Lipinski definition) is 3. The van der Waals surface area contributed by atoms with Gasteiger partial charge in [-0.3, -0.25) is 9.10 Å². The van der Waals surface area contributed by atoms with Crippen LogP contribution in [0.5, 0.6) is 0 Å². The summed E-state index contributed by atoms with van der Waals surface area (Å²) in [6.45, 7) is 3.42. The van der Waals surface area contributed by atoms with Crippen LogP contribution in [0.3, 0.4) is 0 Å². The lowest BCUT2D eigenvalue weighted by Crippen LogP contribution is -2.45. The molecule has 1 amide bonds. The number of piperidine rings is 1. The lowest BCUT2D eigenvalue weighted by molar-refractivity contribution is -0.130. The van der Waals surface area contributed by atoms with Crippen LogP contribution in [0, 0.1) is 5.92 Å². The predicted molar refractivity (Wildman–Crippen MR) is 91.3 cm³/mol. The molecule has 0 bridgehead atoms. The van der Waals surface area contributed by atoms with Crippen molar-refractivity contribution in [3.8, 4) is 0 Å². The summed E-state index contributed by atoms with van der Waals surface area (Å²) in [5.74, 6) is 0.478. The van der Waals surface area contributed by atoms with Crippen molar-refractivity contribution in [2.75, 3.05) is 30.2 Å². The van der Waals surface area contributed by atoms with E-state index >= 15 is 0 Å². The molecule has 1 saturated heterocycles. The Kier molecular flexibility index (Phi) is 5.50. The summed E-state index contributed by atoms with van der Waals surface area (Å²) in [6.07, 6.45) is 3.07. The fourth-order valence-electron chi connectivity index (χ4n) is 2.52. The van der Waals surface area contributed by atoms with Crippen molar-refractivity contribution < 1.29 is 13.2 Å². The summed E-state index contributed by atoms with van der Waals surface area (Å²) < 4.78 is 26.0. The van der Waals surface area contributed by atoms with Gasteiger partial charge in [0.25, 0.3) is 0 Å². The van der Waals surface area contributed by atoms with Crippen LogP contribution in [0.25, 0.3) is 0 Å². The molecule has 5 nitrogen and oxygen atoms in total. The molecule has 1 heterocycles. The Bertz CT molecular complexity index is 640. The number of hydrogen-bond donors (Lipinski definition) is 0. The zero-order valence-electron chi connectivity index (χ0n) is 12.8. The summed E-state index contributed by atoms with van der Waals surface area (Å²) in [7, 11) is -3.53. The molecular weight excluding hydrogens is 368 g/mol. The van der Waals surface area contributed by atoms with Crippen molar-refractivity contribution in [3.63, 3.8) is 0 Å². The van der Waals surface area contributed by atoms with Gasteiger partial charge in [-0.15, -0.1) is 0 Å². The minimum Gasteiger partial charge on any atom is -0.341 e. The van der Waals surface area contributed by atoms with Gasteiger partial charge in [0.2, 0.25) is 15.9 Å². The predicted octanol–water partition coefficient (Wildman–Crippen LogP) is 2.47.